The van der Waals surface area contributed by atoms with Gasteiger partial charge in [-0.1, -0.05) is 15.9 Å². The fourth-order valence-electron chi connectivity index (χ4n) is 2.83. The highest BCUT2D eigenvalue weighted by Crippen LogP contribution is 2.41. The van der Waals surface area contributed by atoms with E-state index in [4.69, 9.17) is 5.73 Å². The van der Waals surface area contributed by atoms with Gasteiger partial charge in [-0.05, 0) is 37.1 Å². The number of nitrogens with zero attached hydrogens (tertiary/aromatic N) is 4. The summed E-state index contributed by atoms with van der Waals surface area (Å²) in [6, 6.07) is 6.37. The number of halogens is 1. The normalized spacial score (nSPS) is 16.5. The molecule has 0 aliphatic carbocycles. The lowest BCUT2D eigenvalue weighted by atomic mass is 10.0. The first-order valence-corrected chi connectivity index (χ1v) is 9.25. The SMILES string of the molecule is CCN(c1ncc([N+](=O)[O-])c(N)n1)C1CCSc2ccc(Br)cc21. The van der Waals surface area contributed by atoms with Crippen molar-refractivity contribution in [3.8, 4) is 0 Å². The molecule has 1 unspecified atom stereocenters. The highest BCUT2D eigenvalue weighted by atomic mass is 79.9. The number of anilines is 2. The predicted octanol–water partition coefficient (Wildman–Crippen LogP) is 3.79. The molecule has 1 aliphatic rings. The van der Waals surface area contributed by atoms with Gasteiger partial charge in [0.15, 0.2) is 0 Å². The first-order chi connectivity index (χ1) is 11.5. The molecule has 0 radical (unpaired) electrons. The zero-order chi connectivity index (χ0) is 17.3. The number of thioether (sulfide) groups is 1. The lowest BCUT2D eigenvalue weighted by Gasteiger charge is -2.35. The van der Waals surface area contributed by atoms with Gasteiger partial charge in [0.25, 0.3) is 0 Å². The highest BCUT2D eigenvalue weighted by molar-refractivity contribution is 9.10. The molecule has 0 saturated carbocycles. The molecule has 2 heterocycles. The van der Waals surface area contributed by atoms with Crippen LogP contribution < -0.4 is 10.6 Å². The maximum Gasteiger partial charge on any atom is 0.329 e. The summed E-state index contributed by atoms with van der Waals surface area (Å²) < 4.78 is 1.02. The third-order valence-corrected chi connectivity index (χ3v) is 5.55. The van der Waals surface area contributed by atoms with Crippen LogP contribution in [0.2, 0.25) is 0 Å². The first-order valence-electron chi connectivity index (χ1n) is 7.47. The summed E-state index contributed by atoms with van der Waals surface area (Å²) >= 11 is 5.36. The Hall–Kier alpha value is -1.87. The van der Waals surface area contributed by atoms with Gasteiger partial charge < -0.3 is 10.6 Å². The largest absolute Gasteiger partial charge is 0.378 e. The Morgan fingerprint density at radius 1 is 1.54 bits per heavy atom. The van der Waals surface area contributed by atoms with E-state index in [9.17, 15) is 10.1 Å². The van der Waals surface area contributed by atoms with Crippen LogP contribution in [0.4, 0.5) is 17.5 Å². The summed E-state index contributed by atoms with van der Waals surface area (Å²) in [7, 11) is 0. The fourth-order valence-corrected chi connectivity index (χ4v) is 4.30. The van der Waals surface area contributed by atoms with Gasteiger partial charge in [0, 0.05) is 21.7 Å². The average molecular weight is 410 g/mol. The van der Waals surface area contributed by atoms with Gasteiger partial charge >= 0.3 is 5.69 Å². The minimum atomic E-state index is -0.570. The number of fused-ring (bicyclic) bond motifs is 1. The average Bonchev–Trinajstić information content (AvgIpc) is 2.55. The molecule has 0 bridgehead atoms. The van der Waals surface area contributed by atoms with Crippen molar-refractivity contribution >= 4 is 45.1 Å². The molecule has 0 spiro atoms. The number of nitrogen functional groups attached to an aromatic ring is 1. The van der Waals surface area contributed by atoms with E-state index in [1.807, 2.05) is 29.7 Å². The van der Waals surface area contributed by atoms with Crippen molar-refractivity contribution < 1.29 is 4.92 Å². The molecule has 1 aromatic heterocycles. The molecule has 0 fully saturated rings. The van der Waals surface area contributed by atoms with E-state index in [0.29, 0.717) is 12.5 Å². The maximum atomic E-state index is 10.9. The molecule has 1 aliphatic heterocycles. The zero-order valence-electron chi connectivity index (χ0n) is 13.0. The van der Waals surface area contributed by atoms with Gasteiger partial charge in [-0.2, -0.15) is 4.98 Å². The highest BCUT2D eigenvalue weighted by Gasteiger charge is 2.28. The summed E-state index contributed by atoms with van der Waals surface area (Å²) in [5, 5.41) is 10.9. The third-order valence-electron chi connectivity index (χ3n) is 3.94. The van der Waals surface area contributed by atoms with E-state index in [0.717, 1.165) is 16.6 Å². The van der Waals surface area contributed by atoms with Crippen LogP contribution in [-0.2, 0) is 0 Å². The van der Waals surface area contributed by atoms with Crippen LogP contribution in [0.1, 0.15) is 24.9 Å². The lowest BCUT2D eigenvalue weighted by Crippen LogP contribution is -2.32. The monoisotopic (exact) mass is 409 g/mol. The molecule has 24 heavy (non-hydrogen) atoms. The van der Waals surface area contributed by atoms with Crippen molar-refractivity contribution in [2.75, 3.05) is 22.9 Å². The summed E-state index contributed by atoms with van der Waals surface area (Å²) in [4.78, 5) is 22.0. The molecule has 126 valence electrons. The second-order valence-electron chi connectivity index (χ2n) is 5.32. The number of benzene rings is 1. The molecule has 0 amide bonds. The van der Waals surface area contributed by atoms with Crippen molar-refractivity contribution in [1.29, 1.82) is 0 Å². The van der Waals surface area contributed by atoms with Crippen LogP contribution in [0.15, 0.2) is 33.8 Å². The van der Waals surface area contributed by atoms with Gasteiger partial charge in [-0.3, -0.25) is 10.1 Å². The number of hydrogen-bond donors (Lipinski definition) is 1. The van der Waals surface area contributed by atoms with E-state index in [1.54, 1.807) is 0 Å². The predicted molar refractivity (Wildman–Crippen MR) is 98.3 cm³/mol. The van der Waals surface area contributed by atoms with E-state index in [-0.39, 0.29) is 17.5 Å². The second kappa shape index (κ2) is 6.94. The van der Waals surface area contributed by atoms with Crippen LogP contribution in [0.3, 0.4) is 0 Å². The number of nitrogens with two attached hydrogens (primary N) is 1. The van der Waals surface area contributed by atoms with E-state index >= 15 is 0 Å². The Balaban J connectivity index is 2.00. The summed E-state index contributed by atoms with van der Waals surface area (Å²) in [6.07, 6.45) is 2.13. The topological polar surface area (TPSA) is 98.2 Å². The van der Waals surface area contributed by atoms with Crippen molar-refractivity contribution in [1.82, 2.24) is 9.97 Å². The molecule has 2 N–H and O–H groups in total. The number of aromatic nitrogens is 2. The van der Waals surface area contributed by atoms with E-state index in [2.05, 4.69) is 38.0 Å². The molecule has 1 aromatic carbocycles. The quantitative estimate of drug-likeness (QED) is 0.605. The molecular formula is C15H16BrN5O2S. The zero-order valence-corrected chi connectivity index (χ0v) is 15.4. The Morgan fingerprint density at radius 3 is 3.00 bits per heavy atom. The number of nitro groups is 1. The van der Waals surface area contributed by atoms with Crippen molar-refractivity contribution in [2.24, 2.45) is 0 Å². The van der Waals surface area contributed by atoms with Gasteiger partial charge in [-0.25, -0.2) is 4.98 Å². The summed E-state index contributed by atoms with van der Waals surface area (Å²) in [6.45, 7) is 2.69. The molecule has 1 atom stereocenters. The molecule has 0 saturated heterocycles. The van der Waals surface area contributed by atoms with E-state index < -0.39 is 4.92 Å². The molecule has 2 aromatic rings. The molecule has 9 heteroatoms. The van der Waals surface area contributed by atoms with Crippen molar-refractivity contribution in [3.05, 3.63) is 44.5 Å². The standard InChI is InChI=1S/C15H16BrN5O2S/c1-2-20(15-18-8-12(21(22)23)14(17)19-15)11-5-6-24-13-4-3-9(16)7-10(11)13/h3-4,7-8,11H,2,5-6H2,1H3,(H2,17,18,19). The van der Waals surface area contributed by atoms with Crippen LogP contribution >= 0.6 is 27.7 Å². The fraction of sp³-hybridized carbons (Fsp3) is 0.333. The lowest BCUT2D eigenvalue weighted by molar-refractivity contribution is -0.384. The van der Waals surface area contributed by atoms with Crippen molar-refractivity contribution in [2.45, 2.75) is 24.3 Å². The van der Waals surface area contributed by atoms with Crippen LogP contribution in [-0.4, -0.2) is 27.2 Å². The number of rotatable bonds is 4. The number of hydrogen-bond acceptors (Lipinski definition) is 7. The van der Waals surface area contributed by atoms with Gasteiger partial charge in [-0.15, -0.1) is 11.8 Å². The minimum absolute atomic E-state index is 0.108. The smallest absolute Gasteiger partial charge is 0.329 e. The van der Waals surface area contributed by atoms with Crippen molar-refractivity contribution in [3.63, 3.8) is 0 Å². The first kappa shape index (κ1) is 17.0. The van der Waals surface area contributed by atoms with Crippen LogP contribution in [0, 0.1) is 10.1 Å². The maximum absolute atomic E-state index is 10.9. The van der Waals surface area contributed by atoms with Gasteiger partial charge in [0.2, 0.25) is 11.8 Å². The Bertz CT molecular complexity index is 788. The third kappa shape index (κ3) is 3.18. The molecule has 3 rings (SSSR count). The van der Waals surface area contributed by atoms with Crippen LogP contribution in [0.5, 0.6) is 0 Å². The minimum Gasteiger partial charge on any atom is -0.378 e. The Morgan fingerprint density at radius 2 is 2.33 bits per heavy atom. The summed E-state index contributed by atoms with van der Waals surface area (Å²) in [5.74, 6) is 1.31. The van der Waals surface area contributed by atoms with E-state index in [1.165, 1.54) is 16.7 Å². The Kier molecular flexibility index (Phi) is 4.91. The van der Waals surface area contributed by atoms with Gasteiger partial charge in [0.05, 0.1) is 11.0 Å². The molecular weight excluding hydrogens is 394 g/mol. The van der Waals surface area contributed by atoms with Gasteiger partial charge in [0.1, 0.15) is 6.20 Å². The molecule has 7 nitrogen and oxygen atoms in total. The second-order valence-corrected chi connectivity index (χ2v) is 7.37. The van der Waals surface area contributed by atoms with Crippen LogP contribution in [0.25, 0.3) is 0 Å². The summed E-state index contributed by atoms with van der Waals surface area (Å²) in [5.41, 5.74) is 6.68. The Labute approximate surface area is 151 Å².